The molecule has 0 amide bonds. The Morgan fingerprint density at radius 2 is 1.86 bits per heavy atom. The predicted octanol–water partition coefficient (Wildman–Crippen LogP) is 5.20. The molecule has 0 unspecified atom stereocenters. The van der Waals surface area contributed by atoms with Crippen LogP contribution >= 0.6 is 0 Å². The summed E-state index contributed by atoms with van der Waals surface area (Å²) in [6.07, 6.45) is -3.89. The summed E-state index contributed by atoms with van der Waals surface area (Å²) in [5.41, 5.74) is -1.62. The van der Waals surface area contributed by atoms with E-state index >= 15 is 0 Å². The van der Waals surface area contributed by atoms with Gasteiger partial charge in [-0.3, -0.25) is 10.1 Å². The van der Waals surface area contributed by atoms with Crippen LogP contribution in [-0.2, 0) is 0 Å². The number of ether oxygens (including phenoxy) is 3. The van der Waals surface area contributed by atoms with Crippen LogP contribution in [0.4, 0.5) is 18.9 Å². The number of unbranched alkanes of at least 4 members (excludes halogenated alkanes) is 1. The van der Waals surface area contributed by atoms with Crippen molar-refractivity contribution < 1.29 is 37.1 Å². The number of hydrogen-bond acceptors (Lipinski definition) is 6. The summed E-state index contributed by atoms with van der Waals surface area (Å²) in [6.45, 7) is 3.05. The molecule has 0 spiro atoms. The van der Waals surface area contributed by atoms with Gasteiger partial charge in [-0.2, -0.15) is 0 Å². The van der Waals surface area contributed by atoms with E-state index in [1.807, 2.05) is 6.92 Å². The third kappa shape index (κ3) is 5.84. The summed E-state index contributed by atoms with van der Waals surface area (Å²) in [5.74, 6) is -2.33. The Labute approximate surface area is 164 Å². The predicted molar refractivity (Wildman–Crippen MR) is 96.3 cm³/mol. The Hall–Kier alpha value is -3.30. The van der Waals surface area contributed by atoms with Gasteiger partial charge in [0.05, 0.1) is 17.6 Å². The van der Waals surface area contributed by atoms with E-state index in [1.54, 1.807) is 18.2 Å². The van der Waals surface area contributed by atoms with Gasteiger partial charge in [-0.25, -0.2) is 4.79 Å². The number of esters is 1. The van der Waals surface area contributed by atoms with Gasteiger partial charge < -0.3 is 14.2 Å². The second-order valence-electron chi connectivity index (χ2n) is 5.93. The minimum Gasteiger partial charge on any atom is -0.486 e. The largest absolute Gasteiger partial charge is 0.573 e. The molecular formula is C19H18F3NO6. The molecule has 0 heterocycles. The van der Waals surface area contributed by atoms with Gasteiger partial charge in [-0.05, 0) is 25.5 Å². The molecule has 0 saturated heterocycles. The lowest BCUT2D eigenvalue weighted by Crippen LogP contribution is -2.20. The molecule has 0 fully saturated rings. The highest BCUT2D eigenvalue weighted by molar-refractivity contribution is 5.98. The van der Waals surface area contributed by atoms with Crippen molar-refractivity contribution in [3.63, 3.8) is 0 Å². The summed E-state index contributed by atoms with van der Waals surface area (Å²) in [5, 5.41) is 11.5. The SMILES string of the molecule is CCCCOc1c([N+](=O)[O-])cc(OC(F)(F)F)c(C)c1C(=O)Oc1ccccc1. The van der Waals surface area contributed by atoms with Crippen molar-refractivity contribution in [3.05, 3.63) is 57.6 Å². The highest BCUT2D eigenvalue weighted by Crippen LogP contribution is 2.41. The summed E-state index contributed by atoms with van der Waals surface area (Å²) in [7, 11) is 0. The fraction of sp³-hybridized carbons (Fsp3) is 0.316. The van der Waals surface area contributed by atoms with Gasteiger partial charge >= 0.3 is 18.0 Å². The van der Waals surface area contributed by atoms with E-state index < -0.39 is 40.0 Å². The molecular weight excluding hydrogens is 395 g/mol. The number of carbonyl (C=O) groups is 1. The van der Waals surface area contributed by atoms with Crippen LogP contribution in [0.1, 0.15) is 35.7 Å². The van der Waals surface area contributed by atoms with Crippen molar-refractivity contribution in [2.45, 2.75) is 33.1 Å². The highest BCUT2D eigenvalue weighted by atomic mass is 19.4. The van der Waals surface area contributed by atoms with Crippen molar-refractivity contribution in [3.8, 4) is 17.2 Å². The smallest absolute Gasteiger partial charge is 0.486 e. The van der Waals surface area contributed by atoms with Crippen molar-refractivity contribution in [1.29, 1.82) is 0 Å². The van der Waals surface area contributed by atoms with E-state index in [1.165, 1.54) is 19.1 Å². The number of nitrogens with zero attached hydrogens (tertiary/aromatic N) is 1. The maximum Gasteiger partial charge on any atom is 0.573 e. The van der Waals surface area contributed by atoms with E-state index in [-0.39, 0.29) is 17.9 Å². The van der Waals surface area contributed by atoms with E-state index in [2.05, 4.69) is 4.74 Å². The molecule has 0 atom stereocenters. The molecule has 0 aliphatic rings. The number of alkyl halides is 3. The molecule has 10 heteroatoms. The lowest BCUT2D eigenvalue weighted by molar-refractivity contribution is -0.386. The average Bonchev–Trinajstić information content (AvgIpc) is 2.63. The third-order valence-corrected chi connectivity index (χ3v) is 3.80. The zero-order valence-electron chi connectivity index (χ0n) is 15.6. The molecule has 156 valence electrons. The van der Waals surface area contributed by atoms with Gasteiger partial charge in [-0.1, -0.05) is 31.5 Å². The lowest BCUT2D eigenvalue weighted by atomic mass is 10.0. The van der Waals surface area contributed by atoms with Crippen LogP contribution in [0.2, 0.25) is 0 Å². The quantitative estimate of drug-likeness (QED) is 0.194. The van der Waals surface area contributed by atoms with Gasteiger partial charge in [0.25, 0.3) is 0 Å². The minimum atomic E-state index is -5.11. The monoisotopic (exact) mass is 413 g/mol. The van der Waals surface area contributed by atoms with Gasteiger partial charge in [0.2, 0.25) is 5.75 Å². The third-order valence-electron chi connectivity index (χ3n) is 3.80. The molecule has 2 aromatic rings. The molecule has 0 bridgehead atoms. The molecule has 0 aromatic heterocycles. The molecule has 0 N–H and O–H groups in total. The Balaban J connectivity index is 2.60. The Bertz CT molecular complexity index is 884. The Kier molecular flexibility index (Phi) is 7.03. The number of carbonyl (C=O) groups excluding carboxylic acids is 1. The first-order valence-electron chi connectivity index (χ1n) is 8.61. The number of halogens is 3. The van der Waals surface area contributed by atoms with Crippen molar-refractivity contribution in [2.24, 2.45) is 0 Å². The molecule has 2 rings (SSSR count). The van der Waals surface area contributed by atoms with E-state index in [0.29, 0.717) is 18.9 Å². The van der Waals surface area contributed by atoms with Crippen LogP contribution in [-0.4, -0.2) is 23.9 Å². The van der Waals surface area contributed by atoms with Crippen molar-refractivity contribution in [2.75, 3.05) is 6.61 Å². The fourth-order valence-electron chi connectivity index (χ4n) is 2.44. The van der Waals surface area contributed by atoms with Crippen molar-refractivity contribution >= 4 is 11.7 Å². The number of nitro groups is 1. The fourth-order valence-corrected chi connectivity index (χ4v) is 2.44. The van der Waals surface area contributed by atoms with Crippen LogP contribution in [0.5, 0.6) is 17.2 Å². The van der Waals surface area contributed by atoms with Gasteiger partial charge in [0, 0.05) is 5.56 Å². The topological polar surface area (TPSA) is 87.9 Å². The second-order valence-corrected chi connectivity index (χ2v) is 5.93. The lowest BCUT2D eigenvalue weighted by Gasteiger charge is -2.17. The Morgan fingerprint density at radius 3 is 2.41 bits per heavy atom. The maximum atomic E-state index is 12.7. The maximum absolute atomic E-state index is 12.7. The summed E-state index contributed by atoms with van der Waals surface area (Å²) >= 11 is 0. The van der Waals surface area contributed by atoms with Crippen molar-refractivity contribution in [1.82, 2.24) is 0 Å². The highest BCUT2D eigenvalue weighted by Gasteiger charge is 2.36. The Morgan fingerprint density at radius 1 is 1.21 bits per heavy atom. The van der Waals surface area contributed by atoms with Crippen LogP contribution in [0.15, 0.2) is 36.4 Å². The summed E-state index contributed by atoms with van der Waals surface area (Å²) in [4.78, 5) is 23.2. The standard InChI is InChI=1S/C19H18F3NO6/c1-3-4-10-27-17-14(23(25)26)11-15(29-19(20,21)22)12(2)16(17)18(24)28-13-8-6-5-7-9-13/h5-9,11H,3-4,10H2,1-2H3. The second kappa shape index (κ2) is 9.26. The van der Waals surface area contributed by atoms with Gasteiger partial charge in [0.1, 0.15) is 17.1 Å². The van der Waals surface area contributed by atoms with E-state index in [4.69, 9.17) is 9.47 Å². The number of para-hydroxylation sites is 1. The molecule has 0 radical (unpaired) electrons. The zero-order valence-corrected chi connectivity index (χ0v) is 15.6. The summed E-state index contributed by atoms with van der Waals surface area (Å²) < 4.78 is 52.7. The molecule has 7 nitrogen and oxygen atoms in total. The molecule has 0 aliphatic carbocycles. The van der Waals surface area contributed by atoms with Gasteiger partial charge in [-0.15, -0.1) is 13.2 Å². The number of hydrogen-bond donors (Lipinski definition) is 0. The van der Waals surface area contributed by atoms with Crippen LogP contribution in [0.3, 0.4) is 0 Å². The van der Waals surface area contributed by atoms with Crippen LogP contribution < -0.4 is 14.2 Å². The minimum absolute atomic E-state index is 0.0296. The zero-order chi connectivity index (χ0) is 21.6. The molecule has 0 saturated carbocycles. The van der Waals surface area contributed by atoms with Crippen LogP contribution in [0, 0.1) is 17.0 Å². The van der Waals surface area contributed by atoms with E-state index in [0.717, 1.165) is 0 Å². The van der Waals surface area contributed by atoms with E-state index in [9.17, 15) is 28.1 Å². The normalized spacial score (nSPS) is 11.1. The number of nitro benzene ring substituents is 1. The summed E-state index contributed by atoms with van der Waals surface area (Å²) in [6, 6.07) is 8.33. The first-order chi connectivity index (χ1) is 13.6. The number of rotatable bonds is 8. The van der Waals surface area contributed by atoms with Gasteiger partial charge in [0.15, 0.2) is 0 Å². The first kappa shape index (κ1) is 22.0. The average molecular weight is 413 g/mol. The first-order valence-corrected chi connectivity index (χ1v) is 8.61. The van der Waals surface area contributed by atoms with Crippen LogP contribution in [0.25, 0.3) is 0 Å². The number of benzene rings is 2. The molecule has 0 aliphatic heterocycles. The molecule has 29 heavy (non-hydrogen) atoms. The molecule has 2 aromatic carbocycles.